The average molecular weight is 326 g/mol. The third-order valence-electron chi connectivity index (χ3n) is 3.35. The van der Waals surface area contributed by atoms with E-state index in [9.17, 15) is 0 Å². The predicted molar refractivity (Wildman–Crippen MR) is 92.3 cm³/mol. The third-order valence-corrected chi connectivity index (χ3v) is 3.35. The summed E-state index contributed by atoms with van der Waals surface area (Å²) in [6.07, 6.45) is 2.52. The van der Waals surface area contributed by atoms with Gasteiger partial charge in [-0.15, -0.1) is 0 Å². The highest BCUT2D eigenvalue weighted by Crippen LogP contribution is 2.03. The molecule has 1 aromatic carbocycles. The van der Waals surface area contributed by atoms with E-state index in [1.54, 1.807) is 13.3 Å². The first-order valence-electron chi connectivity index (χ1n) is 7.85. The van der Waals surface area contributed by atoms with E-state index in [2.05, 4.69) is 21.7 Å². The smallest absolute Gasteiger partial charge is 0.191 e. The monoisotopic (exact) mass is 326 g/mol. The Morgan fingerprint density at radius 3 is 2.75 bits per heavy atom. The van der Waals surface area contributed by atoms with Gasteiger partial charge in [0.25, 0.3) is 0 Å². The number of aliphatic imine (C=N–C) groups is 1. The number of hydrogen-bond donors (Lipinski definition) is 2. The maximum Gasteiger partial charge on any atom is 0.191 e. The highest BCUT2D eigenvalue weighted by Gasteiger charge is 1.99. The van der Waals surface area contributed by atoms with Crippen LogP contribution in [-0.2, 0) is 17.9 Å². The molecule has 1 heterocycles. The summed E-state index contributed by atoms with van der Waals surface area (Å²) in [5, 5.41) is 15.3. The normalized spacial score (nSPS) is 11.1. The van der Waals surface area contributed by atoms with Crippen molar-refractivity contribution >= 4 is 5.96 Å². The third kappa shape index (κ3) is 6.15. The van der Waals surface area contributed by atoms with Crippen LogP contribution in [0.3, 0.4) is 0 Å². The molecule has 126 valence electrons. The number of guanidine groups is 1. The molecule has 0 radical (unpaired) electrons. The molecule has 24 heavy (non-hydrogen) atoms. The summed E-state index contributed by atoms with van der Waals surface area (Å²) < 4.78 is 10.7. The maximum absolute atomic E-state index is 8.79. The largest absolute Gasteiger partial charge is 0.467 e. The summed E-state index contributed by atoms with van der Waals surface area (Å²) in [6, 6.07) is 13.3. The Bertz CT molecular complexity index is 657. The number of ether oxygens (including phenoxy) is 1. The first-order valence-corrected chi connectivity index (χ1v) is 7.85. The molecule has 6 heteroatoms. The molecule has 2 aromatic rings. The SMILES string of the molecule is CN=C(NCCCOCc1ccco1)NCc1ccc(C#N)cc1. The first kappa shape index (κ1) is 17.6. The van der Waals surface area contributed by atoms with Crippen LogP contribution in [0.4, 0.5) is 0 Å². The molecule has 0 saturated heterocycles. The van der Waals surface area contributed by atoms with Gasteiger partial charge in [0.1, 0.15) is 12.4 Å². The van der Waals surface area contributed by atoms with E-state index in [4.69, 9.17) is 14.4 Å². The van der Waals surface area contributed by atoms with Crippen molar-refractivity contribution in [2.45, 2.75) is 19.6 Å². The molecule has 0 amide bonds. The molecule has 0 atom stereocenters. The van der Waals surface area contributed by atoms with E-state index in [1.807, 2.05) is 36.4 Å². The van der Waals surface area contributed by atoms with Gasteiger partial charge in [0, 0.05) is 26.7 Å². The summed E-state index contributed by atoms with van der Waals surface area (Å²) in [6.45, 7) is 2.57. The van der Waals surface area contributed by atoms with Gasteiger partial charge >= 0.3 is 0 Å². The van der Waals surface area contributed by atoms with Crippen LogP contribution in [0.5, 0.6) is 0 Å². The lowest BCUT2D eigenvalue weighted by molar-refractivity contribution is 0.105. The maximum atomic E-state index is 8.79. The number of hydrogen-bond acceptors (Lipinski definition) is 4. The fraction of sp³-hybridized carbons (Fsp3) is 0.333. The molecule has 0 aliphatic carbocycles. The number of nitrogens with one attached hydrogen (secondary N) is 2. The van der Waals surface area contributed by atoms with Crippen molar-refractivity contribution in [3.8, 4) is 6.07 Å². The molecule has 0 fully saturated rings. The van der Waals surface area contributed by atoms with Gasteiger partial charge in [0.15, 0.2) is 5.96 Å². The standard InChI is InChI=1S/C18H22N4O2/c1-20-18(22-13-16-7-5-15(12-19)6-8-16)21-9-3-10-23-14-17-4-2-11-24-17/h2,4-8,11H,3,9-10,13-14H2,1H3,(H2,20,21,22). The molecule has 0 aliphatic rings. The predicted octanol–water partition coefficient (Wildman–Crippen LogP) is 2.42. The Balaban J connectivity index is 1.59. The molecule has 2 rings (SSSR count). The molecule has 0 saturated carbocycles. The molecule has 0 aliphatic heterocycles. The van der Waals surface area contributed by atoms with Crippen LogP contribution >= 0.6 is 0 Å². The van der Waals surface area contributed by atoms with E-state index in [0.29, 0.717) is 25.3 Å². The summed E-state index contributed by atoms with van der Waals surface area (Å²) in [7, 11) is 1.74. The summed E-state index contributed by atoms with van der Waals surface area (Å²) in [5.41, 5.74) is 1.76. The van der Waals surface area contributed by atoms with E-state index in [0.717, 1.165) is 30.2 Å². The van der Waals surface area contributed by atoms with Gasteiger partial charge in [-0.3, -0.25) is 4.99 Å². The second-order valence-corrected chi connectivity index (χ2v) is 5.15. The molecule has 0 unspecified atom stereocenters. The number of rotatable bonds is 8. The fourth-order valence-electron chi connectivity index (χ4n) is 2.05. The Labute approximate surface area is 142 Å². The van der Waals surface area contributed by atoms with Crippen molar-refractivity contribution in [3.05, 3.63) is 59.5 Å². The van der Waals surface area contributed by atoms with Gasteiger partial charge in [-0.05, 0) is 36.2 Å². The summed E-state index contributed by atoms with van der Waals surface area (Å²) in [5.74, 6) is 1.58. The van der Waals surface area contributed by atoms with Crippen molar-refractivity contribution < 1.29 is 9.15 Å². The summed E-state index contributed by atoms with van der Waals surface area (Å²) >= 11 is 0. The van der Waals surface area contributed by atoms with Crippen LogP contribution in [0.2, 0.25) is 0 Å². The van der Waals surface area contributed by atoms with Crippen molar-refractivity contribution in [2.75, 3.05) is 20.2 Å². The highest BCUT2D eigenvalue weighted by molar-refractivity contribution is 5.79. The van der Waals surface area contributed by atoms with Crippen molar-refractivity contribution in [1.29, 1.82) is 5.26 Å². The minimum atomic E-state index is 0.499. The second-order valence-electron chi connectivity index (χ2n) is 5.15. The molecule has 0 spiro atoms. The van der Waals surface area contributed by atoms with Crippen LogP contribution in [0.25, 0.3) is 0 Å². The highest BCUT2D eigenvalue weighted by atomic mass is 16.5. The molecular weight excluding hydrogens is 304 g/mol. The van der Waals surface area contributed by atoms with Crippen molar-refractivity contribution in [3.63, 3.8) is 0 Å². The van der Waals surface area contributed by atoms with Crippen molar-refractivity contribution in [2.24, 2.45) is 4.99 Å². The van der Waals surface area contributed by atoms with E-state index >= 15 is 0 Å². The van der Waals surface area contributed by atoms with Crippen molar-refractivity contribution in [1.82, 2.24) is 10.6 Å². The number of nitrogens with zero attached hydrogens (tertiary/aromatic N) is 2. The van der Waals surface area contributed by atoms with Gasteiger partial charge in [-0.1, -0.05) is 12.1 Å². The van der Waals surface area contributed by atoms with Crippen LogP contribution in [0.15, 0.2) is 52.1 Å². The molecular formula is C18H22N4O2. The Kier molecular flexibility index (Phi) is 7.38. The number of nitriles is 1. The Morgan fingerprint density at radius 2 is 2.08 bits per heavy atom. The molecule has 6 nitrogen and oxygen atoms in total. The van der Waals surface area contributed by atoms with E-state index in [1.165, 1.54) is 0 Å². The topological polar surface area (TPSA) is 82.6 Å². The molecule has 2 N–H and O–H groups in total. The van der Waals surface area contributed by atoms with Crippen LogP contribution in [0.1, 0.15) is 23.3 Å². The van der Waals surface area contributed by atoms with E-state index in [-0.39, 0.29) is 0 Å². The Hall–Kier alpha value is -2.78. The Morgan fingerprint density at radius 1 is 1.25 bits per heavy atom. The van der Waals surface area contributed by atoms with Gasteiger partial charge in [-0.2, -0.15) is 5.26 Å². The van der Waals surface area contributed by atoms with Crippen LogP contribution in [0, 0.1) is 11.3 Å². The van der Waals surface area contributed by atoms with Gasteiger partial charge < -0.3 is 19.8 Å². The lowest BCUT2D eigenvalue weighted by Crippen LogP contribution is -2.37. The zero-order valence-electron chi connectivity index (χ0n) is 13.8. The zero-order valence-corrected chi connectivity index (χ0v) is 13.8. The number of benzene rings is 1. The van der Waals surface area contributed by atoms with Gasteiger partial charge in [0.2, 0.25) is 0 Å². The van der Waals surface area contributed by atoms with E-state index < -0.39 is 0 Å². The molecule has 0 bridgehead atoms. The lowest BCUT2D eigenvalue weighted by Gasteiger charge is -2.12. The second kappa shape index (κ2) is 10.1. The van der Waals surface area contributed by atoms with Gasteiger partial charge in [0.05, 0.1) is 17.9 Å². The zero-order chi connectivity index (χ0) is 17.0. The average Bonchev–Trinajstić information content (AvgIpc) is 3.14. The number of furan rings is 1. The minimum absolute atomic E-state index is 0.499. The fourth-order valence-corrected chi connectivity index (χ4v) is 2.05. The van der Waals surface area contributed by atoms with Crippen LogP contribution in [-0.4, -0.2) is 26.2 Å². The minimum Gasteiger partial charge on any atom is -0.467 e. The summed E-state index contributed by atoms with van der Waals surface area (Å²) in [4.78, 5) is 4.18. The quantitative estimate of drug-likeness (QED) is 0.442. The van der Waals surface area contributed by atoms with Crippen LogP contribution < -0.4 is 10.6 Å². The van der Waals surface area contributed by atoms with Gasteiger partial charge in [-0.25, -0.2) is 0 Å². The molecule has 1 aromatic heterocycles. The lowest BCUT2D eigenvalue weighted by atomic mass is 10.1. The first-order chi connectivity index (χ1) is 11.8.